The topological polar surface area (TPSA) is 67.2 Å². The number of hydrogen-bond donors (Lipinski definition) is 1. The third-order valence-electron chi connectivity index (χ3n) is 4.19. The van der Waals surface area contributed by atoms with Crippen molar-refractivity contribution in [2.75, 3.05) is 17.3 Å². The maximum atomic E-state index is 12.7. The van der Waals surface area contributed by atoms with Crippen molar-refractivity contribution in [1.82, 2.24) is 9.78 Å². The zero-order valence-corrected chi connectivity index (χ0v) is 15.4. The summed E-state index contributed by atoms with van der Waals surface area (Å²) in [7, 11) is 1.94. The number of hydrogen-bond acceptors (Lipinski definition) is 4. The van der Waals surface area contributed by atoms with Crippen molar-refractivity contribution in [3.63, 3.8) is 0 Å². The Morgan fingerprint density at radius 3 is 2.48 bits per heavy atom. The average molecular weight is 362 g/mol. The van der Waals surface area contributed by atoms with Gasteiger partial charge in [0.05, 0.1) is 11.4 Å². The normalized spacial score (nSPS) is 10.4. The summed E-state index contributed by atoms with van der Waals surface area (Å²) in [5, 5.41) is 7.08. The summed E-state index contributed by atoms with van der Waals surface area (Å²) < 4.78 is 1.32. The van der Waals surface area contributed by atoms with Crippen molar-refractivity contribution in [2.24, 2.45) is 0 Å². The first kappa shape index (κ1) is 18.4. The first-order valence-corrected chi connectivity index (χ1v) is 8.87. The molecule has 27 heavy (non-hydrogen) atoms. The van der Waals surface area contributed by atoms with Gasteiger partial charge in [-0.2, -0.15) is 5.10 Å². The lowest BCUT2D eigenvalue weighted by Gasteiger charge is -2.22. The molecule has 2 aromatic carbocycles. The Hall–Kier alpha value is -3.41. The second kappa shape index (κ2) is 8.31. The number of nitrogens with one attached hydrogen (secondary N) is 1. The molecule has 0 aliphatic rings. The molecule has 0 saturated carbocycles. The fourth-order valence-corrected chi connectivity index (χ4v) is 2.79. The van der Waals surface area contributed by atoms with E-state index in [0.29, 0.717) is 12.2 Å². The fourth-order valence-electron chi connectivity index (χ4n) is 2.79. The third-order valence-corrected chi connectivity index (χ3v) is 4.19. The number of carbonyl (C=O) groups is 1. The van der Waals surface area contributed by atoms with Crippen LogP contribution >= 0.6 is 0 Å². The fraction of sp³-hybridized carbons (Fsp3) is 0.190. The van der Waals surface area contributed by atoms with E-state index in [-0.39, 0.29) is 17.2 Å². The Morgan fingerprint density at radius 1 is 1.04 bits per heavy atom. The summed E-state index contributed by atoms with van der Waals surface area (Å²) in [5.74, 6) is -0.353. The van der Waals surface area contributed by atoms with E-state index in [9.17, 15) is 9.59 Å². The van der Waals surface area contributed by atoms with Crippen molar-refractivity contribution in [2.45, 2.75) is 19.9 Å². The van der Waals surface area contributed by atoms with E-state index in [1.54, 1.807) is 0 Å². The van der Waals surface area contributed by atoms with E-state index in [1.807, 2.05) is 73.5 Å². The first-order valence-electron chi connectivity index (χ1n) is 8.87. The minimum Gasteiger partial charge on any atom is -0.343 e. The molecule has 1 amide bonds. The van der Waals surface area contributed by atoms with E-state index < -0.39 is 0 Å². The van der Waals surface area contributed by atoms with Crippen molar-refractivity contribution in [3.8, 4) is 0 Å². The largest absolute Gasteiger partial charge is 0.343 e. The van der Waals surface area contributed by atoms with E-state index in [1.165, 1.54) is 16.8 Å². The Kier molecular flexibility index (Phi) is 5.66. The number of anilines is 3. The van der Waals surface area contributed by atoms with Crippen molar-refractivity contribution in [3.05, 3.63) is 82.8 Å². The number of para-hydroxylation sites is 3. The Labute approximate surface area is 158 Å². The predicted octanol–water partition coefficient (Wildman–Crippen LogP) is 3.67. The van der Waals surface area contributed by atoms with Crippen LogP contribution in [0.1, 0.15) is 23.8 Å². The number of aryl methyl sites for hydroxylation is 1. The average Bonchev–Trinajstić information content (AvgIpc) is 2.70. The number of amides is 1. The third kappa shape index (κ3) is 4.23. The molecule has 3 aromatic rings. The number of benzene rings is 2. The highest BCUT2D eigenvalue weighted by Crippen LogP contribution is 2.30. The highest BCUT2D eigenvalue weighted by molar-refractivity contribution is 6.04. The maximum Gasteiger partial charge on any atom is 0.276 e. The molecule has 0 spiro atoms. The second-order valence-corrected chi connectivity index (χ2v) is 6.15. The van der Waals surface area contributed by atoms with Crippen LogP contribution in [0.25, 0.3) is 0 Å². The predicted molar refractivity (Wildman–Crippen MR) is 108 cm³/mol. The van der Waals surface area contributed by atoms with Crippen LogP contribution in [-0.2, 0) is 6.54 Å². The molecule has 138 valence electrons. The lowest BCUT2D eigenvalue weighted by Crippen LogP contribution is -2.26. The summed E-state index contributed by atoms with van der Waals surface area (Å²) in [6.45, 7) is 2.43. The van der Waals surface area contributed by atoms with E-state index in [2.05, 4.69) is 10.4 Å². The van der Waals surface area contributed by atoms with Gasteiger partial charge in [0.2, 0.25) is 0 Å². The molecule has 3 rings (SSSR count). The van der Waals surface area contributed by atoms with Gasteiger partial charge < -0.3 is 10.2 Å². The van der Waals surface area contributed by atoms with Gasteiger partial charge in [0, 0.05) is 25.3 Å². The van der Waals surface area contributed by atoms with Gasteiger partial charge in [-0.3, -0.25) is 9.59 Å². The molecule has 0 saturated heterocycles. The van der Waals surface area contributed by atoms with Crippen LogP contribution in [0, 0.1) is 0 Å². The number of carbonyl (C=O) groups excluding carboxylic acids is 1. The van der Waals surface area contributed by atoms with Gasteiger partial charge >= 0.3 is 0 Å². The SMILES string of the molecule is CCCn1nc(C(=O)Nc2ccccc2N(C)c2ccccc2)ccc1=O. The van der Waals surface area contributed by atoms with E-state index in [0.717, 1.165) is 17.8 Å². The monoisotopic (exact) mass is 362 g/mol. The summed E-state index contributed by atoms with van der Waals surface area (Å²) >= 11 is 0. The number of nitrogens with zero attached hydrogens (tertiary/aromatic N) is 3. The van der Waals surface area contributed by atoms with Crippen LogP contribution in [0.5, 0.6) is 0 Å². The van der Waals surface area contributed by atoms with Crippen LogP contribution in [0.4, 0.5) is 17.1 Å². The molecule has 6 nitrogen and oxygen atoms in total. The molecule has 1 heterocycles. The molecular formula is C21H22N4O2. The van der Waals surface area contributed by atoms with Gasteiger partial charge in [-0.1, -0.05) is 37.3 Å². The molecule has 0 atom stereocenters. The number of aromatic nitrogens is 2. The number of rotatable bonds is 6. The highest BCUT2D eigenvalue weighted by atomic mass is 16.2. The molecule has 6 heteroatoms. The van der Waals surface area contributed by atoms with Crippen LogP contribution in [0.15, 0.2) is 71.5 Å². The summed E-state index contributed by atoms with van der Waals surface area (Å²) in [6.07, 6.45) is 0.767. The van der Waals surface area contributed by atoms with Crippen LogP contribution in [0.2, 0.25) is 0 Å². The molecule has 0 unspecified atom stereocenters. The molecule has 0 fully saturated rings. The summed E-state index contributed by atoms with van der Waals surface area (Å²) in [5.41, 5.74) is 2.54. The van der Waals surface area contributed by atoms with Crippen LogP contribution in [-0.4, -0.2) is 22.7 Å². The zero-order valence-electron chi connectivity index (χ0n) is 15.4. The Balaban J connectivity index is 1.87. The van der Waals surface area contributed by atoms with Crippen molar-refractivity contribution in [1.29, 1.82) is 0 Å². The Morgan fingerprint density at radius 2 is 1.74 bits per heavy atom. The minimum absolute atomic E-state index is 0.209. The van der Waals surface area contributed by atoms with Gasteiger partial charge in [-0.25, -0.2) is 4.68 Å². The van der Waals surface area contributed by atoms with Gasteiger partial charge in [0.15, 0.2) is 0 Å². The van der Waals surface area contributed by atoms with Crippen molar-refractivity contribution < 1.29 is 4.79 Å². The second-order valence-electron chi connectivity index (χ2n) is 6.15. The molecule has 0 bridgehead atoms. The summed E-state index contributed by atoms with van der Waals surface area (Å²) in [4.78, 5) is 26.5. The smallest absolute Gasteiger partial charge is 0.276 e. The van der Waals surface area contributed by atoms with Crippen LogP contribution in [0.3, 0.4) is 0 Å². The lowest BCUT2D eigenvalue weighted by atomic mass is 10.2. The molecule has 0 aliphatic carbocycles. The minimum atomic E-state index is -0.353. The van der Waals surface area contributed by atoms with Gasteiger partial charge in [0.1, 0.15) is 5.69 Å². The van der Waals surface area contributed by atoms with E-state index >= 15 is 0 Å². The lowest BCUT2D eigenvalue weighted by molar-refractivity contribution is 0.102. The van der Waals surface area contributed by atoms with Gasteiger partial charge in [-0.05, 0) is 36.8 Å². The van der Waals surface area contributed by atoms with E-state index in [4.69, 9.17) is 0 Å². The quantitative estimate of drug-likeness (QED) is 0.726. The first-order chi connectivity index (χ1) is 13.1. The zero-order chi connectivity index (χ0) is 19.2. The molecule has 1 aromatic heterocycles. The molecule has 1 N–H and O–H groups in total. The molecule has 0 radical (unpaired) electrons. The van der Waals surface area contributed by atoms with Gasteiger partial charge in [0.25, 0.3) is 11.5 Å². The molecule has 0 aliphatic heterocycles. The Bertz CT molecular complexity index is 983. The molecular weight excluding hydrogens is 340 g/mol. The highest BCUT2D eigenvalue weighted by Gasteiger charge is 2.14. The standard InChI is InChI=1S/C21H22N4O2/c1-3-15-25-20(26)14-13-18(23-25)21(27)22-17-11-7-8-12-19(17)24(2)16-9-5-4-6-10-16/h4-14H,3,15H2,1-2H3,(H,22,27). The maximum absolute atomic E-state index is 12.7. The van der Waals surface area contributed by atoms with Crippen molar-refractivity contribution >= 4 is 23.0 Å². The van der Waals surface area contributed by atoms with Gasteiger partial charge in [-0.15, -0.1) is 0 Å². The summed E-state index contributed by atoms with van der Waals surface area (Å²) in [6, 6.07) is 20.3. The van der Waals surface area contributed by atoms with Crippen LogP contribution < -0.4 is 15.8 Å².